The molecular formula is C15H16N2O3. The highest BCUT2D eigenvalue weighted by Crippen LogP contribution is 2.15. The van der Waals surface area contributed by atoms with E-state index in [-0.39, 0.29) is 18.2 Å². The van der Waals surface area contributed by atoms with Crippen molar-refractivity contribution in [3.05, 3.63) is 59.9 Å². The van der Waals surface area contributed by atoms with Crippen LogP contribution in [0.2, 0.25) is 0 Å². The highest BCUT2D eigenvalue weighted by molar-refractivity contribution is 5.87. The Morgan fingerprint density at radius 2 is 2.05 bits per heavy atom. The van der Waals surface area contributed by atoms with Crippen LogP contribution < -0.4 is 0 Å². The molecule has 0 fully saturated rings. The molecule has 0 aromatic carbocycles. The molecule has 5 heteroatoms. The van der Waals surface area contributed by atoms with Gasteiger partial charge in [-0.05, 0) is 12.5 Å². The third-order valence-electron chi connectivity index (χ3n) is 2.64. The molecule has 20 heavy (non-hydrogen) atoms. The molecule has 0 aliphatic heterocycles. The predicted molar refractivity (Wildman–Crippen MR) is 75.4 cm³/mol. The fourth-order valence-electron chi connectivity index (χ4n) is 1.71. The van der Waals surface area contributed by atoms with E-state index < -0.39 is 5.97 Å². The van der Waals surface area contributed by atoms with Gasteiger partial charge in [-0.2, -0.15) is 5.10 Å². The summed E-state index contributed by atoms with van der Waals surface area (Å²) in [6, 6.07) is 1.31. The first-order chi connectivity index (χ1) is 9.70. The van der Waals surface area contributed by atoms with Crippen LogP contribution in [0.4, 0.5) is 0 Å². The largest absolute Gasteiger partial charge is 0.493 e. The summed E-state index contributed by atoms with van der Waals surface area (Å²) in [6.07, 6.45) is 13.4. The Morgan fingerprint density at radius 3 is 2.85 bits per heavy atom. The van der Waals surface area contributed by atoms with Crippen molar-refractivity contribution in [1.29, 1.82) is 0 Å². The fourth-order valence-corrected chi connectivity index (χ4v) is 1.71. The van der Waals surface area contributed by atoms with Gasteiger partial charge in [0.15, 0.2) is 5.69 Å². The minimum absolute atomic E-state index is 0.0658. The zero-order valence-electron chi connectivity index (χ0n) is 11.2. The summed E-state index contributed by atoms with van der Waals surface area (Å²) in [6.45, 7) is 2.37. The average molecular weight is 272 g/mol. The second kappa shape index (κ2) is 6.56. The number of rotatable bonds is 4. The number of hydrogen-bond acceptors (Lipinski definition) is 4. The van der Waals surface area contributed by atoms with Crippen LogP contribution in [0, 0.1) is 0 Å². The second-order valence-corrected chi connectivity index (χ2v) is 4.14. The molecule has 0 unspecified atom stereocenters. The third kappa shape index (κ3) is 3.47. The molecule has 1 aliphatic carbocycles. The molecule has 0 bridgehead atoms. The third-order valence-corrected chi connectivity index (χ3v) is 2.64. The molecule has 0 saturated heterocycles. The van der Waals surface area contributed by atoms with E-state index in [1.54, 1.807) is 6.92 Å². The number of aromatic nitrogens is 2. The summed E-state index contributed by atoms with van der Waals surface area (Å²) in [5, 5.41) is 13.9. The van der Waals surface area contributed by atoms with E-state index in [2.05, 4.69) is 5.10 Å². The lowest BCUT2D eigenvalue weighted by Crippen LogP contribution is -2.08. The molecule has 104 valence electrons. The van der Waals surface area contributed by atoms with Crippen LogP contribution in [0.5, 0.6) is 5.88 Å². The fraction of sp³-hybridized carbons (Fsp3) is 0.200. The number of nitrogens with zero attached hydrogens (tertiary/aromatic N) is 2. The summed E-state index contributed by atoms with van der Waals surface area (Å²) in [5.74, 6) is -0.601. The quantitative estimate of drug-likeness (QED) is 0.855. The van der Waals surface area contributed by atoms with E-state index in [0.29, 0.717) is 6.54 Å². The molecule has 2 rings (SSSR count). The number of carbonyl (C=O) groups is 1. The van der Waals surface area contributed by atoms with E-state index in [9.17, 15) is 9.90 Å². The molecule has 0 amide bonds. The van der Waals surface area contributed by atoms with Crippen molar-refractivity contribution >= 4 is 5.97 Å². The van der Waals surface area contributed by atoms with Gasteiger partial charge in [-0.1, -0.05) is 42.5 Å². The van der Waals surface area contributed by atoms with Gasteiger partial charge in [-0.25, -0.2) is 9.48 Å². The standard InChI is InChI=1S/C15H16N2O3/c1-2-20-15(19)13-10-14(18)17(16-13)11-12-8-6-4-3-5-7-9-12/h3-10,18H,2,11H2,1H3/b4-3-,5-3?,6-4?,7-5-,8-6-,9-7?,12-8?,12-9+. The van der Waals surface area contributed by atoms with Crippen LogP contribution in [0.25, 0.3) is 0 Å². The van der Waals surface area contributed by atoms with Gasteiger partial charge in [0.05, 0.1) is 13.2 Å². The van der Waals surface area contributed by atoms with Crippen LogP contribution in [-0.4, -0.2) is 27.5 Å². The molecule has 1 aromatic heterocycles. The maximum Gasteiger partial charge on any atom is 0.358 e. The maximum atomic E-state index is 11.5. The summed E-state index contributed by atoms with van der Waals surface area (Å²) in [4.78, 5) is 11.5. The number of allylic oxidation sites excluding steroid dienone is 8. The second-order valence-electron chi connectivity index (χ2n) is 4.14. The minimum Gasteiger partial charge on any atom is -0.493 e. The number of esters is 1. The lowest BCUT2D eigenvalue weighted by Gasteiger charge is -2.04. The van der Waals surface area contributed by atoms with Gasteiger partial charge in [0.1, 0.15) is 0 Å². The molecule has 1 N–H and O–H groups in total. The highest BCUT2D eigenvalue weighted by atomic mass is 16.5. The van der Waals surface area contributed by atoms with Crippen LogP contribution in [-0.2, 0) is 11.3 Å². The first-order valence-electron chi connectivity index (χ1n) is 6.35. The Labute approximate surface area is 117 Å². The van der Waals surface area contributed by atoms with Crippen LogP contribution >= 0.6 is 0 Å². The Kier molecular flexibility index (Phi) is 4.55. The molecule has 0 atom stereocenters. The molecule has 1 aromatic rings. The van der Waals surface area contributed by atoms with Crippen LogP contribution in [0.15, 0.2) is 54.2 Å². The van der Waals surface area contributed by atoms with Crippen molar-refractivity contribution in [3.8, 4) is 5.88 Å². The normalized spacial score (nSPS) is 21.1. The molecule has 1 heterocycles. The predicted octanol–water partition coefficient (Wildman–Crippen LogP) is 2.37. The van der Waals surface area contributed by atoms with Gasteiger partial charge in [0.25, 0.3) is 0 Å². The first-order valence-corrected chi connectivity index (χ1v) is 6.35. The smallest absolute Gasteiger partial charge is 0.358 e. The van der Waals surface area contributed by atoms with E-state index in [0.717, 1.165) is 5.57 Å². The van der Waals surface area contributed by atoms with Crippen LogP contribution in [0.3, 0.4) is 0 Å². The van der Waals surface area contributed by atoms with Crippen molar-refractivity contribution in [3.63, 3.8) is 0 Å². The topological polar surface area (TPSA) is 64.3 Å². The van der Waals surface area contributed by atoms with Gasteiger partial charge in [0, 0.05) is 6.07 Å². The molecule has 0 radical (unpaired) electrons. The Bertz CT molecular complexity index is 607. The molecular weight excluding hydrogens is 256 g/mol. The molecule has 1 aliphatic rings. The Balaban J connectivity index is 2.15. The van der Waals surface area contributed by atoms with Gasteiger partial charge in [-0.3, -0.25) is 0 Å². The van der Waals surface area contributed by atoms with Crippen molar-refractivity contribution in [2.24, 2.45) is 0 Å². The molecule has 0 spiro atoms. The van der Waals surface area contributed by atoms with E-state index >= 15 is 0 Å². The van der Waals surface area contributed by atoms with E-state index in [1.807, 2.05) is 42.5 Å². The minimum atomic E-state index is -0.536. The SMILES string of the molecule is CCOC(=O)c1cc(O)n(CC2=C/C=C\C=C/C=C\2)n1. The van der Waals surface area contributed by atoms with Gasteiger partial charge >= 0.3 is 5.97 Å². The number of carbonyl (C=O) groups excluding carboxylic acids is 1. The number of ether oxygens (including phenoxy) is 1. The molecule has 5 nitrogen and oxygen atoms in total. The van der Waals surface area contributed by atoms with Crippen molar-refractivity contribution in [2.75, 3.05) is 6.61 Å². The Hall–Kier alpha value is -2.56. The summed E-state index contributed by atoms with van der Waals surface area (Å²) < 4.78 is 6.21. The lowest BCUT2D eigenvalue weighted by molar-refractivity contribution is 0.0518. The highest BCUT2D eigenvalue weighted by Gasteiger charge is 2.14. The number of aromatic hydroxyl groups is 1. The van der Waals surface area contributed by atoms with Crippen molar-refractivity contribution in [1.82, 2.24) is 9.78 Å². The van der Waals surface area contributed by atoms with Gasteiger partial charge < -0.3 is 9.84 Å². The van der Waals surface area contributed by atoms with E-state index in [4.69, 9.17) is 4.74 Å². The summed E-state index contributed by atoms with van der Waals surface area (Å²) in [5.41, 5.74) is 1.06. The van der Waals surface area contributed by atoms with Crippen molar-refractivity contribution < 1.29 is 14.6 Å². The summed E-state index contributed by atoms with van der Waals surface area (Å²) >= 11 is 0. The zero-order chi connectivity index (χ0) is 14.4. The summed E-state index contributed by atoms with van der Waals surface area (Å²) in [7, 11) is 0. The Morgan fingerprint density at radius 1 is 1.30 bits per heavy atom. The maximum absolute atomic E-state index is 11.5. The first kappa shape index (κ1) is 13.9. The average Bonchev–Trinajstić information content (AvgIpc) is 2.74. The number of hydrogen-bond donors (Lipinski definition) is 1. The van der Waals surface area contributed by atoms with Gasteiger partial charge in [0.2, 0.25) is 5.88 Å². The monoisotopic (exact) mass is 272 g/mol. The van der Waals surface area contributed by atoms with Gasteiger partial charge in [-0.15, -0.1) is 0 Å². The zero-order valence-corrected chi connectivity index (χ0v) is 11.2. The lowest BCUT2D eigenvalue weighted by atomic mass is 10.2. The van der Waals surface area contributed by atoms with E-state index in [1.165, 1.54) is 10.7 Å². The van der Waals surface area contributed by atoms with Crippen LogP contribution in [0.1, 0.15) is 17.4 Å². The van der Waals surface area contributed by atoms with Crippen molar-refractivity contribution in [2.45, 2.75) is 13.5 Å². The molecule has 0 saturated carbocycles.